The molecule has 0 aliphatic heterocycles. The summed E-state index contributed by atoms with van der Waals surface area (Å²) in [6.45, 7) is 5.41. The quantitative estimate of drug-likeness (QED) is 0.890. The summed E-state index contributed by atoms with van der Waals surface area (Å²) in [4.78, 5) is 0. The Kier molecular flexibility index (Phi) is 4.82. The summed E-state index contributed by atoms with van der Waals surface area (Å²) in [5, 5.41) is 4.27. The van der Waals surface area contributed by atoms with Crippen LogP contribution in [-0.4, -0.2) is 20.3 Å². The molecule has 0 saturated heterocycles. The number of halogens is 1. The van der Waals surface area contributed by atoms with Crippen molar-refractivity contribution in [3.8, 4) is 11.5 Å². The van der Waals surface area contributed by atoms with Crippen LogP contribution < -0.4 is 14.8 Å². The largest absolute Gasteiger partial charge is 0.493 e. The topological polar surface area (TPSA) is 30.5 Å². The molecule has 0 aromatic heterocycles. The highest BCUT2D eigenvalue weighted by atomic mass is 35.5. The third kappa shape index (κ3) is 3.04. The molecular formula is C16H24ClNO2. The number of ether oxygens (including phenoxy) is 2. The monoisotopic (exact) mass is 297 g/mol. The van der Waals surface area contributed by atoms with E-state index in [-0.39, 0.29) is 0 Å². The van der Waals surface area contributed by atoms with Crippen LogP contribution in [0.3, 0.4) is 0 Å². The maximum atomic E-state index is 6.40. The van der Waals surface area contributed by atoms with Crippen molar-refractivity contribution >= 4 is 11.6 Å². The number of hydrogen-bond donors (Lipinski definition) is 1. The van der Waals surface area contributed by atoms with Gasteiger partial charge in [-0.25, -0.2) is 0 Å². The van der Waals surface area contributed by atoms with Crippen molar-refractivity contribution in [3.05, 3.63) is 22.7 Å². The van der Waals surface area contributed by atoms with Crippen LogP contribution in [0.5, 0.6) is 11.5 Å². The zero-order chi connectivity index (χ0) is 14.8. The Balaban J connectivity index is 2.10. The molecular weight excluding hydrogens is 274 g/mol. The number of benzene rings is 1. The lowest BCUT2D eigenvalue weighted by atomic mass is 9.87. The van der Waals surface area contributed by atoms with Crippen molar-refractivity contribution in [2.24, 2.45) is 5.41 Å². The van der Waals surface area contributed by atoms with E-state index in [1.165, 1.54) is 19.3 Å². The van der Waals surface area contributed by atoms with Crippen LogP contribution in [0.4, 0.5) is 0 Å². The molecule has 0 heterocycles. The predicted octanol–water partition coefficient (Wildman–Crippen LogP) is 4.03. The molecule has 3 nitrogen and oxygen atoms in total. The lowest BCUT2D eigenvalue weighted by Crippen LogP contribution is -2.37. The maximum Gasteiger partial charge on any atom is 0.179 e. The lowest BCUT2D eigenvalue weighted by molar-refractivity contribution is 0.282. The second-order valence-electron chi connectivity index (χ2n) is 6.09. The van der Waals surface area contributed by atoms with Gasteiger partial charge in [0.2, 0.25) is 0 Å². The van der Waals surface area contributed by atoms with Gasteiger partial charge in [-0.1, -0.05) is 37.9 Å². The second-order valence-corrected chi connectivity index (χ2v) is 6.47. The summed E-state index contributed by atoms with van der Waals surface area (Å²) in [7, 11) is 3.23. The fraction of sp³-hybridized carbons (Fsp3) is 0.625. The van der Waals surface area contributed by atoms with Gasteiger partial charge in [0.25, 0.3) is 0 Å². The van der Waals surface area contributed by atoms with Crippen molar-refractivity contribution < 1.29 is 9.47 Å². The van der Waals surface area contributed by atoms with Gasteiger partial charge in [0, 0.05) is 12.6 Å². The van der Waals surface area contributed by atoms with E-state index in [0.29, 0.717) is 28.0 Å². The minimum Gasteiger partial charge on any atom is -0.493 e. The molecule has 112 valence electrons. The third-order valence-corrected chi connectivity index (χ3v) is 4.78. The first-order valence-electron chi connectivity index (χ1n) is 7.12. The van der Waals surface area contributed by atoms with Crippen LogP contribution in [0.15, 0.2) is 12.1 Å². The molecule has 1 aromatic carbocycles. The van der Waals surface area contributed by atoms with Crippen molar-refractivity contribution in [1.29, 1.82) is 0 Å². The molecule has 1 unspecified atom stereocenters. The summed E-state index contributed by atoms with van der Waals surface area (Å²) < 4.78 is 10.6. The molecule has 0 bridgehead atoms. The van der Waals surface area contributed by atoms with Crippen LogP contribution in [-0.2, 0) is 6.54 Å². The second kappa shape index (κ2) is 6.23. The molecule has 0 spiro atoms. The zero-order valence-corrected chi connectivity index (χ0v) is 13.5. The lowest BCUT2D eigenvalue weighted by Gasteiger charge is -2.28. The molecule has 1 N–H and O–H groups in total. The van der Waals surface area contributed by atoms with Crippen LogP contribution in [0.1, 0.15) is 38.7 Å². The first kappa shape index (κ1) is 15.5. The highest BCUT2D eigenvalue weighted by Gasteiger charge is 2.33. The smallest absolute Gasteiger partial charge is 0.179 e. The van der Waals surface area contributed by atoms with Crippen LogP contribution >= 0.6 is 11.6 Å². The van der Waals surface area contributed by atoms with E-state index in [9.17, 15) is 0 Å². The highest BCUT2D eigenvalue weighted by molar-refractivity contribution is 6.33. The molecule has 1 aliphatic carbocycles. The average molecular weight is 298 g/mol. The molecule has 1 aliphatic rings. The predicted molar refractivity (Wildman–Crippen MR) is 82.8 cm³/mol. The van der Waals surface area contributed by atoms with Gasteiger partial charge < -0.3 is 14.8 Å². The molecule has 4 heteroatoms. The van der Waals surface area contributed by atoms with Gasteiger partial charge in [0.1, 0.15) is 0 Å². The first-order valence-corrected chi connectivity index (χ1v) is 7.50. The first-order chi connectivity index (χ1) is 9.49. The Morgan fingerprint density at radius 3 is 2.60 bits per heavy atom. The molecule has 1 saturated carbocycles. The van der Waals surface area contributed by atoms with Crippen molar-refractivity contribution in [2.45, 2.75) is 45.7 Å². The van der Waals surface area contributed by atoms with Crippen LogP contribution in [0.2, 0.25) is 5.02 Å². The Labute approximate surface area is 126 Å². The molecule has 0 radical (unpaired) electrons. The van der Waals surface area contributed by atoms with E-state index in [0.717, 1.165) is 12.1 Å². The number of rotatable bonds is 5. The van der Waals surface area contributed by atoms with E-state index >= 15 is 0 Å². The van der Waals surface area contributed by atoms with Gasteiger partial charge in [-0.2, -0.15) is 0 Å². The van der Waals surface area contributed by atoms with Gasteiger partial charge in [-0.05, 0) is 29.9 Å². The van der Waals surface area contributed by atoms with E-state index in [1.807, 2.05) is 12.1 Å². The molecule has 1 atom stereocenters. The van der Waals surface area contributed by atoms with Crippen molar-refractivity contribution in [3.63, 3.8) is 0 Å². The van der Waals surface area contributed by atoms with Gasteiger partial charge >= 0.3 is 0 Å². The van der Waals surface area contributed by atoms with Gasteiger partial charge in [0.05, 0.1) is 19.2 Å². The fourth-order valence-electron chi connectivity index (χ4n) is 3.00. The number of methoxy groups -OCH3 is 2. The fourth-order valence-corrected chi connectivity index (χ4v) is 3.30. The van der Waals surface area contributed by atoms with E-state index in [2.05, 4.69) is 19.2 Å². The SMILES string of the molecule is COc1ccc(CNC2CCCC2(C)C)c(Cl)c1OC. The van der Waals surface area contributed by atoms with E-state index in [4.69, 9.17) is 21.1 Å². The molecule has 20 heavy (non-hydrogen) atoms. The Hall–Kier alpha value is -0.930. The van der Waals surface area contributed by atoms with Crippen LogP contribution in [0, 0.1) is 5.41 Å². The maximum absolute atomic E-state index is 6.40. The van der Waals surface area contributed by atoms with E-state index < -0.39 is 0 Å². The Morgan fingerprint density at radius 1 is 1.30 bits per heavy atom. The van der Waals surface area contributed by atoms with Crippen molar-refractivity contribution in [2.75, 3.05) is 14.2 Å². The molecule has 0 amide bonds. The van der Waals surface area contributed by atoms with Gasteiger partial charge in [-0.3, -0.25) is 0 Å². The number of hydrogen-bond acceptors (Lipinski definition) is 3. The normalized spacial score (nSPS) is 20.9. The van der Waals surface area contributed by atoms with Crippen molar-refractivity contribution in [1.82, 2.24) is 5.32 Å². The summed E-state index contributed by atoms with van der Waals surface area (Å²) in [6.07, 6.45) is 3.81. The molecule has 1 fully saturated rings. The number of nitrogens with one attached hydrogen (secondary N) is 1. The van der Waals surface area contributed by atoms with E-state index in [1.54, 1.807) is 14.2 Å². The third-order valence-electron chi connectivity index (χ3n) is 4.36. The average Bonchev–Trinajstić information content (AvgIpc) is 2.76. The van der Waals surface area contributed by atoms with Gasteiger partial charge in [-0.15, -0.1) is 0 Å². The zero-order valence-electron chi connectivity index (χ0n) is 12.8. The Bertz CT molecular complexity index is 474. The summed E-state index contributed by atoms with van der Waals surface area (Å²) >= 11 is 6.40. The minimum atomic E-state index is 0.364. The molecule has 2 rings (SSSR count). The Morgan fingerprint density at radius 2 is 2.05 bits per heavy atom. The van der Waals surface area contributed by atoms with Crippen LogP contribution in [0.25, 0.3) is 0 Å². The summed E-state index contributed by atoms with van der Waals surface area (Å²) in [5.41, 5.74) is 1.41. The molecule has 1 aromatic rings. The highest BCUT2D eigenvalue weighted by Crippen LogP contribution is 2.39. The van der Waals surface area contributed by atoms with Gasteiger partial charge in [0.15, 0.2) is 11.5 Å². The summed E-state index contributed by atoms with van der Waals surface area (Å²) in [6, 6.07) is 4.45. The summed E-state index contributed by atoms with van der Waals surface area (Å²) in [5.74, 6) is 1.28. The standard InChI is InChI=1S/C16H24ClNO2/c1-16(2)9-5-6-13(16)18-10-11-7-8-12(19-3)15(20-4)14(11)17/h7-8,13,18H,5-6,9-10H2,1-4H3. The minimum absolute atomic E-state index is 0.364.